The van der Waals surface area contributed by atoms with E-state index in [1.54, 1.807) is 9.47 Å². The lowest BCUT2D eigenvalue weighted by Gasteiger charge is -2.35. The molecule has 41 heavy (non-hydrogen) atoms. The van der Waals surface area contributed by atoms with Gasteiger partial charge in [0, 0.05) is 47.5 Å². The maximum atomic E-state index is 13.9. The van der Waals surface area contributed by atoms with Gasteiger partial charge >= 0.3 is 5.69 Å². The number of anilines is 1. The highest BCUT2D eigenvalue weighted by Gasteiger charge is 2.25. The summed E-state index contributed by atoms with van der Waals surface area (Å²) in [5.74, 6) is 0.480. The van der Waals surface area contributed by atoms with E-state index in [4.69, 9.17) is 11.6 Å². The first-order valence-electron chi connectivity index (χ1n) is 13.8. The summed E-state index contributed by atoms with van der Waals surface area (Å²) < 4.78 is 1.71. The Morgan fingerprint density at radius 2 is 1.88 bits per heavy atom. The van der Waals surface area contributed by atoms with Gasteiger partial charge in [-0.1, -0.05) is 55.8 Å². The molecule has 3 aromatic carbocycles. The fraction of sp³-hybridized carbons (Fsp3) is 0.250. The molecule has 0 atom stereocenters. The smallest absolute Gasteiger partial charge is 0.352 e. The Bertz CT molecular complexity index is 1870. The molecule has 9 heteroatoms. The molecule has 5 aromatic rings. The van der Waals surface area contributed by atoms with Gasteiger partial charge in [0.1, 0.15) is 5.82 Å². The number of amides is 1. The van der Waals surface area contributed by atoms with Crippen LogP contribution in [-0.4, -0.2) is 56.7 Å². The zero-order valence-electron chi connectivity index (χ0n) is 23.2. The van der Waals surface area contributed by atoms with Gasteiger partial charge in [-0.15, -0.1) is 0 Å². The van der Waals surface area contributed by atoms with Crippen LogP contribution in [0.25, 0.3) is 38.6 Å². The Balaban J connectivity index is 1.61. The van der Waals surface area contributed by atoms with Gasteiger partial charge in [-0.2, -0.15) is 10.1 Å². The fourth-order valence-electron chi connectivity index (χ4n) is 5.86. The van der Waals surface area contributed by atoms with E-state index < -0.39 is 0 Å². The number of H-pyrrole nitrogens is 1. The van der Waals surface area contributed by atoms with Crippen LogP contribution in [-0.2, 0) is 11.2 Å². The van der Waals surface area contributed by atoms with E-state index in [2.05, 4.69) is 39.7 Å². The number of carbonyl (C=O) groups excluding carboxylic acids is 1. The van der Waals surface area contributed by atoms with E-state index in [1.165, 1.54) is 6.08 Å². The minimum Gasteiger partial charge on any atom is -0.352 e. The number of rotatable bonds is 6. The summed E-state index contributed by atoms with van der Waals surface area (Å²) in [4.78, 5) is 34.6. The molecule has 1 aliphatic heterocycles. The summed E-state index contributed by atoms with van der Waals surface area (Å²) in [5, 5.41) is 9.61. The van der Waals surface area contributed by atoms with Gasteiger partial charge in [-0.05, 0) is 60.4 Å². The van der Waals surface area contributed by atoms with Gasteiger partial charge in [0.05, 0.1) is 22.9 Å². The van der Waals surface area contributed by atoms with Gasteiger partial charge in [-0.25, -0.2) is 4.79 Å². The van der Waals surface area contributed by atoms with Crippen LogP contribution in [0.4, 0.5) is 5.82 Å². The summed E-state index contributed by atoms with van der Waals surface area (Å²) in [5.41, 5.74) is 6.03. The predicted octanol–water partition coefficient (Wildman–Crippen LogP) is 5.68. The Morgan fingerprint density at radius 3 is 2.63 bits per heavy atom. The van der Waals surface area contributed by atoms with Crippen LogP contribution in [0.3, 0.4) is 0 Å². The topological polar surface area (TPSA) is 87.1 Å². The van der Waals surface area contributed by atoms with E-state index >= 15 is 0 Å². The molecule has 0 spiro atoms. The van der Waals surface area contributed by atoms with Crippen LogP contribution in [0.2, 0.25) is 5.02 Å². The van der Waals surface area contributed by atoms with E-state index in [0.29, 0.717) is 37.0 Å². The summed E-state index contributed by atoms with van der Waals surface area (Å²) >= 11 is 7.06. The van der Waals surface area contributed by atoms with Crippen LogP contribution < -0.4 is 10.6 Å². The molecule has 1 aliphatic rings. The second-order valence-corrected chi connectivity index (χ2v) is 10.8. The lowest BCUT2D eigenvalue weighted by Crippen LogP contribution is -2.49. The highest BCUT2D eigenvalue weighted by Crippen LogP contribution is 2.40. The molecule has 0 aliphatic carbocycles. The molecular weight excluding hydrogens is 536 g/mol. The quantitative estimate of drug-likeness (QED) is 0.267. The van der Waals surface area contributed by atoms with Gasteiger partial charge < -0.3 is 9.80 Å². The average Bonchev–Trinajstić information content (AvgIpc) is 3.46. The van der Waals surface area contributed by atoms with Crippen LogP contribution in [0.1, 0.15) is 24.5 Å². The van der Waals surface area contributed by atoms with Crippen molar-refractivity contribution in [1.82, 2.24) is 24.6 Å². The van der Waals surface area contributed by atoms with Crippen LogP contribution in [0, 0.1) is 6.92 Å². The first kappa shape index (κ1) is 26.8. The molecule has 1 N–H and O–H groups in total. The number of nitrogens with zero attached hydrogens (tertiary/aromatic N) is 5. The van der Waals surface area contributed by atoms with Crippen LogP contribution >= 0.6 is 11.6 Å². The predicted molar refractivity (Wildman–Crippen MR) is 165 cm³/mol. The van der Waals surface area contributed by atoms with Gasteiger partial charge in [0.2, 0.25) is 5.91 Å². The van der Waals surface area contributed by atoms with Crippen molar-refractivity contribution in [2.24, 2.45) is 0 Å². The average molecular weight is 567 g/mol. The molecule has 0 unspecified atom stereocenters. The molecular formula is C32H31ClN6O2. The van der Waals surface area contributed by atoms with Crippen molar-refractivity contribution >= 4 is 45.1 Å². The number of piperazine rings is 1. The summed E-state index contributed by atoms with van der Waals surface area (Å²) in [6.07, 6.45) is 4.92. The molecule has 2 aromatic heterocycles. The number of para-hydroxylation sites is 1. The number of nitrogens with one attached hydrogen (secondary N) is 1. The third-order valence-corrected chi connectivity index (χ3v) is 8.19. The SMILES string of the molecule is C=CC(=O)N1CCN(c2nc(=O)n(-c3ccccc3CCC)c3cc(-c4c(C)ccc5[nH]ncc45)c(Cl)cc23)CC1. The number of aryl methyl sites for hydroxylation is 2. The largest absolute Gasteiger partial charge is 0.354 e. The first-order valence-corrected chi connectivity index (χ1v) is 14.2. The third kappa shape index (κ3) is 4.68. The molecule has 1 saturated heterocycles. The highest BCUT2D eigenvalue weighted by atomic mass is 35.5. The Labute approximate surface area is 242 Å². The molecule has 8 nitrogen and oxygen atoms in total. The zero-order chi connectivity index (χ0) is 28.7. The zero-order valence-corrected chi connectivity index (χ0v) is 23.9. The Kier molecular flexibility index (Phi) is 7.09. The molecule has 3 heterocycles. The number of benzene rings is 3. The molecule has 6 rings (SSSR count). The first-order chi connectivity index (χ1) is 19.9. The van der Waals surface area contributed by atoms with Crippen molar-refractivity contribution in [2.45, 2.75) is 26.7 Å². The molecule has 208 valence electrons. The standard InChI is InChI=1S/C32H31ClN6O2/c1-4-8-21-9-6-7-10-27(21)39-28-18-22(30-20(3)11-12-26-24(30)19-34-36-26)25(33)17-23(28)31(35-32(39)41)38-15-13-37(14-16-38)29(40)5-2/h5-7,9-12,17-19H,2,4,8,13-16H2,1,3H3,(H,34,36). The van der Waals surface area contributed by atoms with Crippen molar-refractivity contribution in [2.75, 3.05) is 31.1 Å². The Hall–Kier alpha value is -4.43. The van der Waals surface area contributed by atoms with Crippen LogP contribution in [0.5, 0.6) is 0 Å². The van der Waals surface area contributed by atoms with Gasteiger partial charge in [-0.3, -0.25) is 14.5 Å². The maximum absolute atomic E-state index is 13.9. The van der Waals surface area contributed by atoms with E-state index in [9.17, 15) is 9.59 Å². The summed E-state index contributed by atoms with van der Waals surface area (Å²) in [6.45, 7) is 9.91. The molecule has 0 radical (unpaired) electrons. The molecule has 1 amide bonds. The van der Waals surface area contributed by atoms with Gasteiger partial charge in [0.25, 0.3) is 0 Å². The van der Waals surface area contributed by atoms with Crippen molar-refractivity contribution in [3.63, 3.8) is 0 Å². The number of halogens is 1. The lowest BCUT2D eigenvalue weighted by atomic mass is 9.95. The Morgan fingerprint density at radius 1 is 1.10 bits per heavy atom. The molecule has 0 saturated carbocycles. The molecule has 0 bridgehead atoms. The minimum atomic E-state index is -0.354. The van der Waals surface area contributed by atoms with E-state index in [1.807, 2.05) is 55.6 Å². The number of aromatic amines is 1. The van der Waals surface area contributed by atoms with Crippen molar-refractivity contribution in [3.8, 4) is 16.8 Å². The molecule has 1 fully saturated rings. The maximum Gasteiger partial charge on any atom is 0.354 e. The van der Waals surface area contributed by atoms with Gasteiger partial charge in [0.15, 0.2) is 0 Å². The van der Waals surface area contributed by atoms with E-state index in [-0.39, 0.29) is 11.6 Å². The lowest BCUT2D eigenvalue weighted by molar-refractivity contribution is -0.126. The van der Waals surface area contributed by atoms with Crippen molar-refractivity contribution < 1.29 is 4.79 Å². The number of hydrogen-bond acceptors (Lipinski definition) is 5. The fourth-order valence-corrected chi connectivity index (χ4v) is 6.11. The number of fused-ring (bicyclic) bond motifs is 2. The minimum absolute atomic E-state index is 0.0955. The monoisotopic (exact) mass is 566 g/mol. The number of carbonyl (C=O) groups is 1. The highest BCUT2D eigenvalue weighted by molar-refractivity contribution is 6.35. The second kappa shape index (κ2) is 10.9. The van der Waals surface area contributed by atoms with Crippen molar-refractivity contribution in [1.29, 1.82) is 0 Å². The number of hydrogen-bond donors (Lipinski definition) is 1. The summed E-state index contributed by atoms with van der Waals surface area (Å²) in [7, 11) is 0. The van der Waals surface area contributed by atoms with E-state index in [0.717, 1.165) is 62.6 Å². The van der Waals surface area contributed by atoms with Crippen LogP contribution in [0.15, 0.2) is 72.2 Å². The van der Waals surface area contributed by atoms with Crippen molar-refractivity contribution in [3.05, 3.63) is 94.0 Å². The normalized spacial score (nSPS) is 13.7. The number of aromatic nitrogens is 4. The third-order valence-electron chi connectivity index (χ3n) is 7.88. The second-order valence-electron chi connectivity index (χ2n) is 10.4. The summed E-state index contributed by atoms with van der Waals surface area (Å²) in [6, 6.07) is 16.0.